The fourth-order valence-electron chi connectivity index (χ4n) is 4.02. The van der Waals surface area contributed by atoms with Gasteiger partial charge in [-0.2, -0.15) is 4.98 Å². The van der Waals surface area contributed by atoms with Crippen molar-refractivity contribution in [2.45, 2.75) is 19.1 Å². The van der Waals surface area contributed by atoms with E-state index in [-0.39, 0.29) is 18.6 Å². The summed E-state index contributed by atoms with van der Waals surface area (Å²) in [5.74, 6) is 0.896. The molecule has 1 fully saturated rings. The molecule has 12 heteroatoms. The number of carbonyl (C=O) groups excluding carboxylic acids is 2. The highest BCUT2D eigenvalue weighted by molar-refractivity contribution is 5.95. The molecule has 2 aliphatic heterocycles. The van der Waals surface area contributed by atoms with Gasteiger partial charge < -0.3 is 30.6 Å². The maximum absolute atomic E-state index is 12.4. The Kier molecular flexibility index (Phi) is 7.38. The third kappa shape index (κ3) is 5.93. The molecular formula is C25H27N7O5. The Bertz CT molecular complexity index is 1290. The van der Waals surface area contributed by atoms with Crippen molar-refractivity contribution in [3.8, 4) is 23.0 Å². The summed E-state index contributed by atoms with van der Waals surface area (Å²) in [6, 6.07) is 13.5. The molecule has 12 nitrogen and oxygen atoms in total. The van der Waals surface area contributed by atoms with Crippen LogP contribution >= 0.6 is 0 Å². The average molecular weight is 506 g/mol. The number of hydrogen-bond acceptors (Lipinski definition) is 10. The number of cyclic esters (lactones) is 1. The first-order chi connectivity index (χ1) is 18.1. The molecule has 0 bridgehead atoms. The van der Waals surface area contributed by atoms with Gasteiger partial charge in [0.1, 0.15) is 18.5 Å². The van der Waals surface area contributed by atoms with Crippen molar-refractivity contribution in [3.05, 3.63) is 54.2 Å². The van der Waals surface area contributed by atoms with Crippen LogP contribution in [0.3, 0.4) is 0 Å². The molecule has 1 saturated heterocycles. The molecule has 0 spiro atoms. The van der Waals surface area contributed by atoms with Gasteiger partial charge in [-0.3, -0.25) is 9.69 Å². The number of amides is 2. The quantitative estimate of drug-likeness (QED) is 0.347. The number of nitrogens with two attached hydrogens (primary N) is 1. The summed E-state index contributed by atoms with van der Waals surface area (Å²) < 4.78 is 16.3. The summed E-state index contributed by atoms with van der Waals surface area (Å²) in [5, 5.41) is 6.05. The third-order valence-corrected chi connectivity index (χ3v) is 5.79. The van der Waals surface area contributed by atoms with Gasteiger partial charge in [0, 0.05) is 24.8 Å². The molecular weight excluding hydrogens is 478 g/mol. The van der Waals surface area contributed by atoms with Crippen molar-refractivity contribution in [2.75, 3.05) is 43.1 Å². The molecule has 192 valence electrons. The van der Waals surface area contributed by atoms with Gasteiger partial charge >= 0.3 is 12.1 Å². The Morgan fingerprint density at radius 3 is 3.00 bits per heavy atom. The number of rotatable bonds is 10. The average Bonchev–Trinajstić information content (AvgIpc) is 3.30. The van der Waals surface area contributed by atoms with E-state index in [0.717, 1.165) is 16.8 Å². The van der Waals surface area contributed by atoms with Crippen LogP contribution in [0.5, 0.6) is 11.8 Å². The summed E-state index contributed by atoms with van der Waals surface area (Å²) in [4.78, 5) is 38.3. The lowest BCUT2D eigenvalue weighted by Crippen LogP contribution is -2.29. The highest BCUT2D eigenvalue weighted by Crippen LogP contribution is 2.30. The van der Waals surface area contributed by atoms with Crippen LogP contribution in [0.4, 0.5) is 16.4 Å². The summed E-state index contributed by atoms with van der Waals surface area (Å²) in [5.41, 5.74) is 8.29. The number of hydrogen-bond donors (Lipinski definition) is 3. The van der Waals surface area contributed by atoms with Crippen molar-refractivity contribution in [1.82, 2.24) is 20.3 Å². The van der Waals surface area contributed by atoms with Crippen molar-refractivity contribution >= 4 is 23.6 Å². The molecule has 3 aromatic rings. The number of nitrogens with zero attached hydrogens (tertiary/aromatic N) is 4. The minimum atomic E-state index is -0.465. The molecule has 37 heavy (non-hydrogen) atoms. The van der Waals surface area contributed by atoms with Crippen molar-refractivity contribution in [1.29, 1.82) is 0 Å². The highest BCUT2D eigenvalue weighted by atomic mass is 16.6. The second-order valence-electron chi connectivity index (χ2n) is 8.50. The molecule has 1 aromatic carbocycles. The molecule has 2 amide bonds. The Morgan fingerprint density at radius 2 is 2.11 bits per heavy atom. The van der Waals surface area contributed by atoms with Gasteiger partial charge in [0.25, 0.3) is 5.91 Å². The van der Waals surface area contributed by atoms with Gasteiger partial charge in [0.05, 0.1) is 12.2 Å². The minimum absolute atomic E-state index is 0.0507. The van der Waals surface area contributed by atoms with Crippen LogP contribution in [-0.4, -0.2) is 65.9 Å². The summed E-state index contributed by atoms with van der Waals surface area (Å²) in [6.45, 7) is 2.38. The van der Waals surface area contributed by atoms with E-state index in [4.69, 9.17) is 19.9 Å². The molecule has 2 aromatic heterocycles. The lowest BCUT2D eigenvalue weighted by molar-refractivity contribution is -0.118. The molecule has 1 unspecified atom stereocenters. The van der Waals surface area contributed by atoms with Crippen LogP contribution in [0.2, 0.25) is 0 Å². The number of anilines is 2. The fraction of sp³-hybridized carbons (Fsp3) is 0.320. The molecule has 4 N–H and O–H groups in total. The van der Waals surface area contributed by atoms with Gasteiger partial charge in [0.15, 0.2) is 18.2 Å². The van der Waals surface area contributed by atoms with Crippen molar-refractivity contribution < 1.29 is 23.8 Å². The zero-order valence-corrected chi connectivity index (χ0v) is 20.1. The molecule has 0 aliphatic carbocycles. The number of pyridine rings is 1. The van der Waals surface area contributed by atoms with E-state index in [0.29, 0.717) is 62.6 Å². The van der Waals surface area contributed by atoms with Crippen LogP contribution in [0.25, 0.3) is 11.3 Å². The number of carbonyl (C=O) groups is 2. The zero-order chi connectivity index (χ0) is 25.6. The maximum atomic E-state index is 12.4. The van der Waals surface area contributed by atoms with Gasteiger partial charge in [-0.1, -0.05) is 18.2 Å². The zero-order valence-electron chi connectivity index (χ0n) is 20.1. The van der Waals surface area contributed by atoms with Crippen LogP contribution in [0.1, 0.15) is 12.0 Å². The number of benzene rings is 1. The SMILES string of the molecule is NCCOc1nccc(-c2cccc(CNCCC3CN(c4ccc5c(n4)NC(=O)CO5)C(=O)O3)c2)n1. The first-order valence-electron chi connectivity index (χ1n) is 12.0. The predicted molar refractivity (Wildman–Crippen MR) is 134 cm³/mol. The van der Waals surface area contributed by atoms with Crippen LogP contribution in [0, 0.1) is 0 Å². The molecule has 0 saturated carbocycles. The second kappa shape index (κ2) is 11.2. The van der Waals surface area contributed by atoms with Crippen molar-refractivity contribution in [2.24, 2.45) is 5.73 Å². The minimum Gasteiger partial charge on any atom is -0.480 e. The summed E-state index contributed by atoms with van der Waals surface area (Å²) in [6.07, 6.45) is 1.56. The highest BCUT2D eigenvalue weighted by Gasteiger charge is 2.33. The largest absolute Gasteiger partial charge is 0.480 e. The topological polar surface area (TPSA) is 154 Å². The Hall–Kier alpha value is -4.29. The van der Waals surface area contributed by atoms with E-state index in [1.165, 1.54) is 4.90 Å². The van der Waals surface area contributed by atoms with E-state index < -0.39 is 6.09 Å². The third-order valence-electron chi connectivity index (χ3n) is 5.79. The summed E-state index contributed by atoms with van der Waals surface area (Å²) >= 11 is 0. The molecule has 2 aliphatic rings. The number of ether oxygens (including phenoxy) is 3. The van der Waals surface area contributed by atoms with E-state index in [9.17, 15) is 9.59 Å². The first-order valence-corrected chi connectivity index (χ1v) is 12.0. The number of nitrogens with one attached hydrogen (secondary N) is 2. The lowest BCUT2D eigenvalue weighted by Gasteiger charge is -2.19. The Labute approximate surface area is 213 Å². The van der Waals surface area contributed by atoms with E-state index in [1.54, 1.807) is 18.3 Å². The lowest BCUT2D eigenvalue weighted by atomic mass is 10.1. The second-order valence-corrected chi connectivity index (χ2v) is 8.50. The normalized spacial score (nSPS) is 16.6. The fourth-order valence-corrected chi connectivity index (χ4v) is 4.02. The molecule has 0 radical (unpaired) electrons. The van der Waals surface area contributed by atoms with Gasteiger partial charge in [-0.05, 0) is 42.8 Å². The van der Waals surface area contributed by atoms with E-state index in [2.05, 4.69) is 31.7 Å². The van der Waals surface area contributed by atoms with Gasteiger partial charge in [-0.25, -0.2) is 14.8 Å². The molecule has 5 rings (SSSR count). The van der Waals surface area contributed by atoms with Gasteiger partial charge in [-0.15, -0.1) is 0 Å². The number of aromatic nitrogens is 3. The van der Waals surface area contributed by atoms with E-state index >= 15 is 0 Å². The maximum Gasteiger partial charge on any atom is 0.415 e. The summed E-state index contributed by atoms with van der Waals surface area (Å²) in [7, 11) is 0. The van der Waals surface area contributed by atoms with Crippen LogP contribution in [-0.2, 0) is 16.1 Å². The first kappa shape index (κ1) is 24.4. The van der Waals surface area contributed by atoms with E-state index in [1.807, 2.05) is 24.3 Å². The van der Waals surface area contributed by atoms with Crippen molar-refractivity contribution in [3.63, 3.8) is 0 Å². The van der Waals surface area contributed by atoms with Gasteiger partial charge in [0.2, 0.25) is 0 Å². The van der Waals surface area contributed by atoms with Crippen LogP contribution < -0.4 is 30.7 Å². The monoisotopic (exact) mass is 505 g/mol. The van der Waals surface area contributed by atoms with Crippen LogP contribution in [0.15, 0.2) is 48.7 Å². The standard InChI is InChI=1S/C25H27N7O5/c26-8-11-35-24-28-10-7-19(29-24)17-3-1-2-16(12-17)13-27-9-6-18-14-32(25(34)37-18)21-5-4-20-23(30-21)31-22(33)15-36-20/h1-5,7,10,12,18,27H,6,8-9,11,13-15,26H2,(H,30,31,33). The Balaban J connectivity index is 1.12. The number of fused-ring (bicyclic) bond motifs is 1. The Morgan fingerprint density at radius 1 is 1.19 bits per heavy atom. The molecule has 4 heterocycles. The predicted octanol–water partition coefficient (Wildman–Crippen LogP) is 1.71. The molecule has 1 atom stereocenters. The smallest absolute Gasteiger partial charge is 0.415 e.